The maximum absolute atomic E-state index is 13.2. The number of nitro benzene ring substituents is 1. The fraction of sp³-hybridized carbons (Fsp3) is 0.0909. The van der Waals surface area contributed by atoms with E-state index in [0.29, 0.717) is 22.8 Å². The first-order valence-corrected chi connectivity index (χ1v) is 9.26. The third-order valence-corrected chi connectivity index (χ3v) is 4.79. The monoisotopic (exact) mass is 419 g/mol. The summed E-state index contributed by atoms with van der Waals surface area (Å²) in [6.07, 6.45) is 1.46. The molecule has 31 heavy (non-hydrogen) atoms. The number of non-ortho nitro benzene ring substituents is 1. The second-order valence-electron chi connectivity index (χ2n) is 6.68. The topological polar surface area (TPSA) is 115 Å². The zero-order chi connectivity index (χ0) is 22.0. The molecule has 1 N–H and O–H groups in total. The molecule has 0 radical (unpaired) electrons. The average Bonchev–Trinajstić information content (AvgIpc) is 3.37. The van der Waals surface area contributed by atoms with Gasteiger partial charge in [0.1, 0.15) is 17.2 Å². The van der Waals surface area contributed by atoms with Crippen LogP contribution < -0.4 is 10.1 Å². The Balaban J connectivity index is 1.73. The van der Waals surface area contributed by atoms with Crippen molar-refractivity contribution in [3.8, 4) is 5.75 Å². The first kappa shape index (κ1) is 19.9. The number of amides is 2. The number of benzene rings is 2. The molecule has 3 aromatic rings. The first-order valence-electron chi connectivity index (χ1n) is 9.26. The number of anilines is 1. The average molecular weight is 419 g/mol. The number of rotatable bonds is 7. The van der Waals surface area contributed by atoms with E-state index in [0.717, 1.165) is 4.90 Å². The molecule has 2 heterocycles. The third-order valence-electron chi connectivity index (χ3n) is 4.79. The zero-order valence-corrected chi connectivity index (χ0v) is 16.4. The van der Waals surface area contributed by atoms with Gasteiger partial charge in [-0.25, -0.2) is 0 Å². The van der Waals surface area contributed by atoms with Crippen molar-refractivity contribution in [3.05, 3.63) is 94.1 Å². The summed E-state index contributed by atoms with van der Waals surface area (Å²) in [7, 11) is 1.54. The predicted molar refractivity (Wildman–Crippen MR) is 111 cm³/mol. The van der Waals surface area contributed by atoms with Crippen molar-refractivity contribution in [2.45, 2.75) is 6.54 Å². The lowest BCUT2D eigenvalue weighted by Crippen LogP contribution is -2.31. The smallest absolute Gasteiger partial charge is 0.278 e. The van der Waals surface area contributed by atoms with Crippen molar-refractivity contribution in [1.29, 1.82) is 0 Å². The Hall–Kier alpha value is -4.40. The van der Waals surface area contributed by atoms with Crippen molar-refractivity contribution in [3.63, 3.8) is 0 Å². The van der Waals surface area contributed by atoms with Gasteiger partial charge in [0.15, 0.2) is 0 Å². The van der Waals surface area contributed by atoms with E-state index in [-0.39, 0.29) is 23.5 Å². The van der Waals surface area contributed by atoms with Gasteiger partial charge in [-0.1, -0.05) is 0 Å². The zero-order valence-electron chi connectivity index (χ0n) is 16.4. The number of ether oxygens (including phenoxy) is 1. The van der Waals surface area contributed by atoms with Crippen LogP contribution in [0.15, 0.2) is 77.0 Å². The second-order valence-corrected chi connectivity index (χ2v) is 6.68. The summed E-state index contributed by atoms with van der Waals surface area (Å²) in [4.78, 5) is 37.8. The molecule has 0 spiro atoms. The number of nitrogens with zero attached hydrogens (tertiary/aromatic N) is 2. The van der Waals surface area contributed by atoms with E-state index in [1.54, 1.807) is 43.5 Å². The quantitative estimate of drug-likeness (QED) is 0.353. The molecule has 2 amide bonds. The largest absolute Gasteiger partial charge is 0.497 e. The molecule has 156 valence electrons. The number of furan rings is 1. The summed E-state index contributed by atoms with van der Waals surface area (Å²) >= 11 is 0. The normalized spacial score (nSPS) is 13.6. The van der Waals surface area contributed by atoms with Crippen LogP contribution in [0.3, 0.4) is 0 Å². The maximum atomic E-state index is 13.2. The van der Waals surface area contributed by atoms with Crippen LogP contribution in [0, 0.1) is 10.1 Å². The van der Waals surface area contributed by atoms with Crippen LogP contribution in [0.5, 0.6) is 5.75 Å². The van der Waals surface area contributed by atoms with Crippen LogP contribution >= 0.6 is 0 Å². The summed E-state index contributed by atoms with van der Waals surface area (Å²) in [5, 5.41) is 14.0. The molecule has 4 rings (SSSR count). The van der Waals surface area contributed by atoms with E-state index in [4.69, 9.17) is 9.15 Å². The molecule has 1 aromatic heterocycles. The predicted octanol–water partition coefficient (Wildman–Crippen LogP) is 3.59. The van der Waals surface area contributed by atoms with E-state index in [1.807, 2.05) is 0 Å². The maximum Gasteiger partial charge on any atom is 0.278 e. The Kier molecular flexibility index (Phi) is 5.23. The van der Waals surface area contributed by atoms with Gasteiger partial charge in [0.25, 0.3) is 17.5 Å². The van der Waals surface area contributed by atoms with E-state index in [9.17, 15) is 19.7 Å². The molecular weight excluding hydrogens is 402 g/mol. The molecule has 1 aliphatic rings. The van der Waals surface area contributed by atoms with Crippen molar-refractivity contribution in [1.82, 2.24) is 4.90 Å². The Morgan fingerprint density at radius 1 is 1.03 bits per heavy atom. The SMILES string of the molecule is COc1ccc(NC2=C(c3ccc([N+](=O)[O-])cc3)C(=O)N(Cc3ccco3)C2=O)cc1. The number of nitro groups is 1. The van der Waals surface area contributed by atoms with E-state index < -0.39 is 16.7 Å². The van der Waals surface area contributed by atoms with Gasteiger partial charge in [-0.15, -0.1) is 0 Å². The van der Waals surface area contributed by atoms with Gasteiger partial charge in [-0.05, 0) is 54.1 Å². The highest BCUT2D eigenvalue weighted by Crippen LogP contribution is 2.32. The van der Waals surface area contributed by atoms with Gasteiger partial charge in [0, 0.05) is 17.8 Å². The molecule has 0 saturated carbocycles. The highest BCUT2D eigenvalue weighted by Gasteiger charge is 2.39. The number of nitrogens with one attached hydrogen (secondary N) is 1. The lowest BCUT2D eigenvalue weighted by atomic mass is 10.0. The summed E-state index contributed by atoms with van der Waals surface area (Å²) < 4.78 is 10.4. The molecule has 0 unspecified atom stereocenters. The van der Waals surface area contributed by atoms with Crippen LogP contribution in [0.2, 0.25) is 0 Å². The minimum Gasteiger partial charge on any atom is -0.497 e. The molecule has 0 fully saturated rings. The lowest BCUT2D eigenvalue weighted by molar-refractivity contribution is -0.384. The van der Waals surface area contributed by atoms with Gasteiger partial charge in [0.2, 0.25) is 0 Å². The Morgan fingerprint density at radius 2 is 1.74 bits per heavy atom. The number of hydrogen-bond acceptors (Lipinski definition) is 7. The van der Waals surface area contributed by atoms with Gasteiger partial charge in [0.05, 0.1) is 30.4 Å². The summed E-state index contributed by atoms with van der Waals surface area (Å²) in [6.45, 7) is -0.0328. The Bertz CT molecular complexity index is 1160. The fourth-order valence-corrected chi connectivity index (χ4v) is 3.23. The fourth-order valence-electron chi connectivity index (χ4n) is 3.23. The summed E-state index contributed by atoms with van der Waals surface area (Å²) in [5.74, 6) is 0.0516. The van der Waals surface area contributed by atoms with Crippen LogP contribution in [-0.2, 0) is 16.1 Å². The van der Waals surface area contributed by atoms with E-state index in [2.05, 4.69) is 5.32 Å². The van der Waals surface area contributed by atoms with Crippen molar-refractivity contribution < 1.29 is 23.7 Å². The van der Waals surface area contributed by atoms with Crippen LogP contribution in [0.1, 0.15) is 11.3 Å². The number of carbonyl (C=O) groups excluding carboxylic acids is 2. The number of carbonyl (C=O) groups is 2. The molecule has 9 nitrogen and oxygen atoms in total. The summed E-state index contributed by atoms with van der Waals surface area (Å²) in [6, 6.07) is 15.7. The van der Waals surface area contributed by atoms with E-state index in [1.165, 1.54) is 30.5 Å². The van der Waals surface area contributed by atoms with Gasteiger partial charge in [-0.3, -0.25) is 24.6 Å². The molecule has 0 bridgehead atoms. The molecule has 0 atom stereocenters. The standard InChI is InChI=1S/C22H17N3O6/c1-30-17-10-6-15(7-11-17)23-20-19(14-4-8-16(9-5-14)25(28)29)21(26)24(22(20)27)13-18-3-2-12-31-18/h2-12,23H,13H2,1H3. The highest BCUT2D eigenvalue weighted by molar-refractivity contribution is 6.36. The van der Waals surface area contributed by atoms with Crippen molar-refractivity contribution in [2.24, 2.45) is 0 Å². The molecule has 0 saturated heterocycles. The molecule has 1 aliphatic heterocycles. The number of methoxy groups -OCH3 is 1. The van der Waals surface area contributed by atoms with Gasteiger partial charge in [-0.2, -0.15) is 0 Å². The Morgan fingerprint density at radius 3 is 2.32 bits per heavy atom. The number of imide groups is 1. The first-order chi connectivity index (χ1) is 15.0. The second kappa shape index (κ2) is 8.15. The minimum atomic E-state index is -0.528. The van der Waals surface area contributed by atoms with Crippen LogP contribution in [-0.4, -0.2) is 28.7 Å². The van der Waals surface area contributed by atoms with Crippen LogP contribution in [0.4, 0.5) is 11.4 Å². The molecular formula is C22H17N3O6. The molecule has 2 aromatic carbocycles. The summed E-state index contributed by atoms with van der Waals surface area (Å²) in [5.41, 5.74) is 1.06. The van der Waals surface area contributed by atoms with Crippen molar-refractivity contribution in [2.75, 3.05) is 12.4 Å². The minimum absolute atomic E-state index is 0.0328. The third kappa shape index (κ3) is 3.88. The highest BCUT2D eigenvalue weighted by atomic mass is 16.6. The van der Waals surface area contributed by atoms with Gasteiger partial charge < -0.3 is 14.5 Å². The number of hydrogen-bond donors (Lipinski definition) is 1. The van der Waals surface area contributed by atoms with Gasteiger partial charge >= 0.3 is 0 Å². The lowest BCUT2D eigenvalue weighted by Gasteiger charge is -2.13. The molecule has 0 aliphatic carbocycles. The van der Waals surface area contributed by atoms with Crippen molar-refractivity contribution >= 4 is 28.8 Å². The molecule has 9 heteroatoms. The van der Waals surface area contributed by atoms with Crippen LogP contribution in [0.25, 0.3) is 5.57 Å². The Labute approximate surface area is 176 Å². The van der Waals surface area contributed by atoms with E-state index >= 15 is 0 Å².